The first kappa shape index (κ1) is 14.9. The predicted octanol–water partition coefficient (Wildman–Crippen LogP) is 2.89. The summed E-state index contributed by atoms with van der Waals surface area (Å²) < 4.78 is 4.79. The van der Waals surface area contributed by atoms with Crippen molar-refractivity contribution in [2.75, 3.05) is 6.61 Å². The normalized spacial score (nSPS) is 12.7. The second-order valence-corrected chi connectivity index (χ2v) is 3.86. The highest BCUT2D eigenvalue weighted by atomic mass is 16.5. The Morgan fingerprint density at radius 2 is 2.00 bits per heavy atom. The van der Waals surface area contributed by atoms with Crippen molar-refractivity contribution in [1.29, 1.82) is 0 Å². The summed E-state index contributed by atoms with van der Waals surface area (Å²) in [5.74, 6) is -0.577. The van der Waals surface area contributed by atoms with Crippen LogP contribution in [0.4, 0.5) is 0 Å². The van der Waals surface area contributed by atoms with Gasteiger partial charge >= 0.3 is 5.97 Å². The standard InChI is InChI=1S/C13H22O3/c1-4-6-7-8-9-12(14)11(3)10-13(15)16-5-2/h8-9,11H,4-7,10H2,1-3H3/b9-8+. The number of esters is 1. The zero-order valence-electron chi connectivity index (χ0n) is 10.5. The van der Waals surface area contributed by atoms with Gasteiger partial charge in [-0.1, -0.05) is 32.8 Å². The van der Waals surface area contributed by atoms with E-state index in [1.807, 2.05) is 6.08 Å². The molecule has 1 unspecified atom stereocenters. The van der Waals surface area contributed by atoms with Crippen LogP contribution in [-0.4, -0.2) is 18.4 Å². The van der Waals surface area contributed by atoms with E-state index < -0.39 is 0 Å². The van der Waals surface area contributed by atoms with Gasteiger partial charge in [-0.3, -0.25) is 9.59 Å². The van der Waals surface area contributed by atoms with Gasteiger partial charge in [-0.15, -0.1) is 0 Å². The Morgan fingerprint density at radius 3 is 2.56 bits per heavy atom. The molecule has 0 fully saturated rings. The third kappa shape index (κ3) is 7.21. The summed E-state index contributed by atoms with van der Waals surface area (Å²) >= 11 is 0. The molecule has 92 valence electrons. The molecule has 0 N–H and O–H groups in total. The number of ether oxygens (including phenoxy) is 1. The number of rotatable bonds is 8. The van der Waals surface area contributed by atoms with Crippen LogP contribution in [-0.2, 0) is 14.3 Å². The van der Waals surface area contributed by atoms with Crippen LogP contribution >= 0.6 is 0 Å². The minimum Gasteiger partial charge on any atom is -0.466 e. The Kier molecular flexibility index (Phi) is 8.49. The quantitative estimate of drug-likeness (QED) is 0.363. The fourth-order valence-electron chi connectivity index (χ4n) is 1.26. The fraction of sp³-hybridized carbons (Fsp3) is 0.692. The average Bonchev–Trinajstić information content (AvgIpc) is 2.24. The van der Waals surface area contributed by atoms with Crippen molar-refractivity contribution in [3.8, 4) is 0 Å². The SMILES string of the molecule is CCCC/C=C/C(=O)C(C)CC(=O)OCC. The molecule has 0 rings (SSSR count). The number of unbranched alkanes of at least 4 members (excludes halogenated alkanes) is 2. The molecule has 0 saturated carbocycles. The zero-order valence-corrected chi connectivity index (χ0v) is 10.5. The summed E-state index contributed by atoms with van der Waals surface area (Å²) in [7, 11) is 0. The van der Waals surface area contributed by atoms with Crippen LogP contribution in [0.25, 0.3) is 0 Å². The van der Waals surface area contributed by atoms with Crippen molar-refractivity contribution < 1.29 is 14.3 Å². The number of allylic oxidation sites excluding steroid dienone is 2. The zero-order chi connectivity index (χ0) is 12.4. The number of hydrogen-bond donors (Lipinski definition) is 0. The van der Waals surface area contributed by atoms with Crippen molar-refractivity contribution in [3.63, 3.8) is 0 Å². The molecule has 0 saturated heterocycles. The highest BCUT2D eigenvalue weighted by Gasteiger charge is 2.14. The lowest BCUT2D eigenvalue weighted by Gasteiger charge is -2.06. The Hall–Kier alpha value is -1.12. The molecule has 0 spiro atoms. The summed E-state index contributed by atoms with van der Waals surface area (Å²) in [5, 5.41) is 0. The summed E-state index contributed by atoms with van der Waals surface area (Å²) in [5.41, 5.74) is 0. The maximum Gasteiger partial charge on any atom is 0.306 e. The molecule has 0 aromatic heterocycles. The first-order valence-electron chi connectivity index (χ1n) is 5.97. The van der Waals surface area contributed by atoms with E-state index in [4.69, 9.17) is 4.74 Å². The lowest BCUT2D eigenvalue weighted by atomic mass is 10.0. The third-order valence-electron chi connectivity index (χ3n) is 2.27. The summed E-state index contributed by atoms with van der Waals surface area (Å²) in [6, 6.07) is 0. The van der Waals surface area contributed by atoms with E-state index in [9.17, 15) is 9.59 Å². The van der Waals surface area contributed by atoms with Crippen molar-refractivity contribution in [1.82, 2.24) is 0 Å². The molecule has 0 bridgehead atoms. The van der Waals surface area contributed by atoms with Gasteiger partial charge in [-0.2, -0.15) is 0 Å². The molecule has 0 aliphatic carbocycles. The monoisotopic (exact) mass is 226 g/mol. The topological polar surface area (TPSA) is 43.4 Å². The van der Waals surface area contributed by atoms with Crippen LogP contribution in [0.3, 0.4) is 0 Å². The number of carbonyl (C=O) groups is 2. The lowest BCUT2D eigenvalue weighted by Crippen LogP contribution is -2.15. The number of ketones is 1. The first-order chi connectivity index (χ1) is 7.61. The lowest BCUT2D eigenvalue weighted by molar-refractivity contribution is -0.145. The fourth-order valence-corrected chi connectivity index (χ4v) is 1.26. The molecule has 3 heteroatoms. The third-order valence-corrected chi connectivity index (χ3v) is 2.27. The van der Waals surface area contributed by atoms with Gasteiger partial charge < -0.3 is 4.74 Å². The molecule has 0 amide bonds. The van der Waals surface area contributed by atoms with Gasteiger partial charge in [0, 0.05) is 5.92 Å². The molecule has 0 aliphatic rings. The van der Waals surface area contributed by atoms with E-state index in [1.165, 1.54) is 0 Å². The van der Waals surface area contributed by atoms with Gasteiger partial charge in [-0.05, 0) is 19.4 Å². The first-order valence-corrected chi connectivity index (χ1v) is 5.97. The van der Waals surface area contributed by atoms with Gasteiger partial charge in [0.2, 0.25) is 0 Å². The number of hydrogen-bond acceptors (Lipinski definition) is 3. The molecule has 0 aromatic carbocycles. The van der Waals surface area contributed by atoms with Gasteiger partial charge in [0.1, 0.15) is 0 Å². The van der Waals surface area contributed by atoms with Crippen LogP contribution in [0.5, 0.6) is 0 Å². The predicted molar refractivity (Wildman–Crippen MR) is 64.1 cm³/mol. The maximum atomic E-state index is 11.6. The van der Waals surface area contributed by atoms with Gasteiger partial charge in [0.15, 0.2) is 5.78 Å². The van der Waals surface area contributed by atoms with Crippen LogP contribution in [0.15, 0.2) is 12.2 Å². The van der Waals surface area contributed by atoms with E-state index in [1.54, 1.807) is 19.9 Å². The molecule has 0 aliphatic heterocycles. The highest BCUT2D eigenvalue weighted by Crippen LogP contribution is 2.07. The summed E-state index contributed by atoms with van der Waals surface area (Å²) in [6.45, 7) is 5.99. The number of carbonyl (C=O) groups excluding carboxylic acids is 2. The Bertz CT molecular complexity index is 244. The molecular formula is C13H22O3. The van der Waals surface area contributed by atoms with Gasteiger partial charge in [-0.25, -0.2) is 0 Å². The summed E-state index contributed by atoms with van der Waals surface area (Å²) in [6.07, 6.45) is 6.78. The molecular weight excluding hydrogens is 204 g/mol. The summed E-state index contributed by atoms with van der Waals surface area (Å²) in [4.78, 5) is 22.7. The second-order valence-electron chi connectivity index (χ2n) is 3.86. The largest absolute Gasteiger partial charge is 0.466 e. The van der Waals surface area contributed by atoms with E-state index in [2.05, 4.69) is 6.92 Å². The van der Waals surface area contributed by atoms with Crippen molar-refractivity contribution >= 4 is 11.8 Å². The van der Waals surface area contributed by atoms with E-state index >= 15 is 0 Å². The van der Waals surface area contributed by atoms with Crippen LogP contribution < -0.4 is 0 Å². The maximum absolute atomic E-state index is 11.6. The highest BCUT2D eigenvalue weighted by molar-refractivity contribution is 5.93. The minimum absolute atomic E-state index is 0.00385. The van der Waals surface area contributed by atoms with E-state index in [0.29, 0.717) is 6.61 Å². The Balaban J connectivity index is 3.89. The van der Waals surface area contributed by atoms with Crippen molar-refractivity contribution in [2.45, 2.75) is 46.5 Å². The van der Waals surface area contributed by atoms with Crippen LogP contribution in [0.2, 0.25) is 0 Å². The van der Waals surface area contributed by atoms with Gasteiger partial charge in [0.25, 0.3) is 0 Å². The average molecular weight is 226 g/mol. The minimum atomic E-state index is -0.301. The van der Waals surface area contributed by atoms with Crippen LogP contribution in [0.1, 0.15) is 46.5 Å². The van der Waals surface area contributed by atoms with Gasteiger partial charge in [0.05, 0.1) is 13.0 Å². The molecule has 1 atom stereocenters. The second kappa shape index (κ2) is 9.13. The van der Waals surface area contributed by atoms with E-state index in [-0.39, 0.29) is 24.1 Å². The molecule has 0 aromatic rings. The molecule has 0 heterocycles. The van der Waals surface area contributed by atoms with Crippen molar-refractivity contribution in [3.05, 3.63) is 12.2 Å². The molecule has 3 nitrogen and oxygen atoms in total. The smallest absolute Gasteiger partial charge is 0.306 e. The van der Waals surface area contributed by atoms with E-state index in [0.717, 1.165) is 19.3 Å². The molecule has 16 heavy (non-hydrogen) atoms. The molecule has 0 radical (unpaired) electrons. The van der Waals surface area contributed by atoms with Crippen LogP contribution in [0, 0.1) is 5.92 Å². The Morgan fingerprint density at radius 1 is 1.31 bits per heavy atom. The Labute approximate surface area is 97.9 Å². The van der Waals surface area contributed by atoms with Crippen molar-refractivity contribution in [2.24, 2.45) is 5.92 Å².